The third-order valence-electron chi connectivity index (χ3n) is 11.7. The molecule has 0 N–H and O–H groups in total. The molecule has 0 spiro atoms. The second-order valence-electron chi connectivity index (χ2n) is 13.9. The van der Waals surface area contributed by atoms with E-state index in [9.17, 15) is 0 Å². The van der Waals surface area contributed by atoms with E-state index in [1.807, 2.05) is 69.2 Å². The lowest BCUT2D eigenvalue weighted by molar-refractivity contribution is -0.00448. The summed E-state index contributed by atoms with van der Waals surface area (Å²) in [7, 11) is 39.8. The van der Waals surface area contributed by atoms with Crippen LogP contribution in [0.25, 0.3) is 0 Å². The molecular weight excluding hydrogens is 1000 g/mol. The predicted molar refractivity (Wildman–Crippen MR) is 321 cm³/mol. The van der Waals surface area contributed by atoms with Gasteiger partial charge in [-0.2, -0.15) is 0 Å². The quantitative estimate of drug-likeness (QED) is 0.181. The monoisotopic (exact) mass is 1090 g/mol. The maximum atomic E-state index is 3.58. The van der Waals surface area contributed by atoms with E-state index in [4.69, 9.17) is 0 Å². The fourth-order valence-electron chi connectivity index (χ4n) is 10.3. The van der Waals surface area contributed by atoms with E-state index < -0.39 is 0 Å². The van der Waals surface area contributed by atoms with Crippen LogP contribution in [0.4, 0.5) is 0 Å². The molecule has 20 heteroatoms. The van der Waals surface area contributed by atoms with E-state index in [2.05, 4.69) is 119 Å². The first-order valence-corrected chi connectivity index (χ1v) is 52.6. The van der Waals surface area contributed by atoms with E-state index >= 15 is 0 Å². The van der Waals surface area contributed by atoms with Crippen LogP contribution in [0, 0.1) is 40.9 Å². The maximum Gasteiger partial charge on any atom is 0.00432 e. The lowest BCUT2D eigenvalue weighted by Gasteiger charge is -2.69. The average Bonchev–Trinajstić information content (AvgIpc) is 3.57. The van der Waals surface area contributed by atoms with Crippen molar-refractivity contribution < 1.29 is 0 Å². The summed E-state index contributed by atoms with van der Waals surface area (Å²) in [5.74, 6) is 5.57. The van der Waals surface area contributed by atoms with Crippen LogP contribution in [-0.2, 0) is 0 Å². The Balaban J connectivity index is 0. The van der Waals surface area contributed by atoms with Crippen molar-refractivity contribution in [3.05, 3.63) is 0 Å². The van der Waals surface area contributed by atoms with Gasteiger partial charge in [0.05, 0.1) is 0 Å². The van der Waals surface area contributed by atoms with Crippen molar-refractivity contribution in [1.82, 2.24) is 0 Å². The Labute approximate surface area is 366 Å². The molecule has 316 valence electrons. The Hall–Kier alpha value is 8.60. The fourth-order valence-corrected chi connectivity index (χ4v) is 58.6. The Morgan fingerprint density at radius 3 is 1.60 bits per heavy atom. The van der Waals surface area contributed by atoms with Gasteiger partial charge in [-0.05, 0) is 130 Å². The van der Waals surface area contributed by atoms with Gasteiger partial charge in [-0.1, -0.05) is 136 Å². The number of rotatable bonds is 11. The summed E-state index contributed by atoms with van der Waals surface area (Å²) in [6, 6.07) is 0. The van der Waals surface area contributed by atoms with Crippen LogP contribution in [0.3, 0.4) is 0 Å². The van der Waals surface area contributed by atoms with Crippen molar-refractivity contribution in [2.75, 3.05) is 6.16 Å². The van der Waals surface area contributed by atoms with Gasteiger partial charge in [-0.15, -0.1) is 98.2 Å². The first-order chi connectivity index (χ1) is 24.6. The highest BCUT2D eigenvalue weighted by Crippen LogP contribution is 2.96. The van der Waals surface area contributed by atoms with Crippen molar-refractivity contribution in [2.45, 2.75) is 157 Å². The third kappa shape index (κ3) is 15.1. The molecule has 0 heterocycles. The molecule has 0 nitrogen and oxygen atoms in total. The molecule has 4 aliphatic rings. The molecule has 27 atom stereocenters. The molecule has 0 aromatic heterocycles. The fraction of sp³-hybridized carbons (Fsp3) is 1.00. The number of hydrogen-bond acceptors (Lipinski definition) is 0. The van der Waals surface area contributed by atoms with Gasteiger partial charge in [0.2, 0.25) is 0 Å². The van der Waals surface area contributed by atoms with Gasteiger partial charge >= 0.3 is 0 Å². The standard InChI is InChI=1S/C22H58P20.5C2H6/c1-12-6-8-21(34-23)13-7-9-22(40(29)36-25)14(4-5-16(22)20(2,3)11-37(26)41(30)31)17(13)19(39(35-24)42(32)33)18(38(27)28)15(21)10-12;5*1-2/h12-19,34-36H,4-11,23-33H2,1-3H3;5*1-2H3. The van der Waals surface area contributed by atoms with Crippen molar-refractivity contribution in [3.8, 4) is 0 Å². The molecule has 0 aliphatic heterocycles. The van der Waals surface area contributed by atoms with E-state index in [-0.39, 0.29) is 43.2 Å². The zero-order valence-electron chi connectivity index (χ0n) is 35.3. The Kier molecular flexibility index (Phi) is 38.9. The van der Waals surface area contributed by atoms with Crippen LogP contribution in [0.1, 0.15) is 135 Å². The topological polar surface area (TPSA) is 0 Å². The molecule has 52 heavy (non-hydrogen) atoms. The summed E-state index contributed by atoms with van der Waals surface area (Å²) in [6.45, 7) is 27.9. The summed E-state index contributed by atoms with van der Waals surface area (Å²) in [5, 5.41) is 1.14. The van der Waals surface area contributed by atoms with Gasteiger partial charge in [0.15, 0.2) is 0 Å². The lowest BCUT2D eigenvalue weighted by Crippen LogP contribution is -2.65. The van der Waals surface area contributed by atoms with Crippen LogP contribution in [0.15, 0.2) is 0 Å². The van der Waals surface area contributed by atoms with Crippen LogP contribution >= 0.6 is 166 Å². The van der Waals surface area contributed by atoms with Gasteiger partial charge in [0.1, 0.15) is 0 Å². The van der Waals surface area contributed by atoms with Gasteiger partial charge in [-0.3, -0.25) is 0 Å². The van der Waals surface area contributed by atoms with Crippen molar-refractivity contribution in [3.63, 3.8) is 0 Å². The highest BCUT2D eigenvalue weighted by Gasteiger charge is 2.70. The second-order valence-corrected chi connectivity index (χ2v) is 66.5. The lowest BCUT2D eigenvalue weighted by atomic mass is 9.50. The van der Waals surface area contributed by atoms with Gasteiger partial charge < -0.3 is 0 Å². The molecule has 0 aromatic carbocycles. The normalized spacial score (nSPS) is 35.8. The minimum atomic E-state index is -0.133. The van der Waals surface area contributed by atoms with Crippen molar-refractivity contribution >= 4 is 166 Å². The minimum absolute atomic E-state index is 0.00234. The van der Waals surface area contributed by atoms with E-state index in [1.165, 1.54) is 51.1 Å². The smallest absolute Gasteiger partial charge is 0.00432 e. The zero-order chi connectivity index (χ0) is 41.4. The Morgan fingerprint density at radius 2 is 1.17 bits per heavy atom. The largest absolute Gasteiger partial charge is 0.114 e. The molecule has 4 fully saturated rings. The SMILES string of the molecule is CC.CC.CC.CC.CC.CC1CCC2(PP)C3CCC4(P(P)PP)C(CCC4C(C)(C)CP(P)P(P)P)C3C(P(PP)P(P)P)C(P(P)P)C2C1. The van der Waals surface area contributed by atoms with Crippen molar-refractivity contribution in [2.24, 2.45) is 40.9 Å². The molecule has 0 radical (unpaired) electrons. The molecule has 0 amide bonds. The Bertz CT molecular complexity index is 913. The molecule has 27 unspecified atom stereocenters. The van der Waals surface area contributed by atoms with E-state index in [1.54, 1.807) is 0 Å². The van der Waals surface area contributed by atoms with Crippen molar-refractivity contribution in [1.29, 1.82) is 0 Å². The summed E-state index contributed by atoms with van der Waals surface area (Å²) in [4.78, 5) is 0. The molecule has 4 saturated carbocycles. The first kappa shape index (κ1) is 62.7. The summed E-state index contributed by atoms with van der Waals surface area (Å²) in [6.07, 6.45) is 12.0. The van der Waals surface area contributed by atoms with Crippen LogP contribution in [0.5, 0.6) is 0 Å². The summed E-state index contributed by atoms with van der Waals surface area (Å²) in [5.41, 5.74) is 2.28. The zero-order valence-corrected chi connectivity index (χ0v) is 56.4. The van der Waals surface area contributed by atoms with E-state index in [0.717, 1.165) is 71.0 Å². The van der Waals surface area contributed by atoms with Crippen LogP contribution in [0.2, 0.25) is 0 Å². The highest BCUT2D eigenvalue weighted by molar-refractivity contribution is 8.87. The molecule has 4 aliphatic carbocycles. The molecule has 0 saturated heterocycles. The van der Waals surface area contributed by atoms with Crippen LogP contribution < -0.4 is 0 Å². The molecule has 0 bridgehead atoms. The maximum absolute atomic E-state index is 3.58. The second kappa shape index (κ2) is 32.3. The summed E-state index contributed by atoms with van der Waals surface area (Å²) >= 11 is 0. The number of hydrogen-bond donors (Lipinski definition) is 0. The van der Waals surface area contributed by atoms with Gasteiger partial charge in [-0.25, -0.2) is 0 Å². The minimum Gasteiger partial charge on any atom is -0.114 e. The molecular formula is C32H88P20. The molecule has 0 aromatic rings. The van der Waals surface area contributed by atoms with Gasteiger partial charge in [0, 0.05) is 5.16 Å². The van der Waals surface area contributed by atoms with Crippen LogP contribution in [-0.4, -0.2) is 27.8 Å². The highest BCUT2D eigenvalue weighted by atomic mass is 32.9. The average molecular weight is 1090 g/mol. The first-order valence-electron chi connectivity index (χ1n) is 19.8. The van der Waals surface area contributed by atoms with E-state index in [0.29, 0.717) is 15.7 Å². The number of fused-ring (bicyclic) bond motifs is 5. The third-order valence-corrected chi connectivity index (χ3v) is 69.8. The van der Waals surface area contributed by atoms with Gasteiger partial charge in [0.25, 0.3) is 0 Å². The summed E-state index contributed by atoms with van der Waals surface area (Å²) < 4.78 is 0. The predicted octanol–water partition coefficient (Wildman–Crippen LogP) is 20.1. The molecule has 4 rings (SSSR count). The Morgan fingerprint density at radius 1 is 0.635 bits per heavy atom.